The van der Waals surface area contributed by atoms with Crippen molar-refractivity contribution in [1.82, 2.24) is 4.98 Å². The molecule has 88 valence electrons. The third-order valence-electron chi connectivity index (χ3n) is 3.32. The van der Waals surface area contributed by atoms with Gasteiger partial charge in [-0.25, -0.2) is 4.98 Å². The molecule has 1 saturated carbocycles. The fraction of sp³-hybridized carbons (Fsp3) is 0.583. The molecule has 1 aromatic heterocycles. The van der Waals surface area contributed by atoms with E-state index in [4.69, 9.17) is 17.3 Å². The summed E-state index contributed by atoms with van der Waals surface area (Å²) in [5, 5.41) is 4.14. The highest BCUT2D eigenvalue weighted by atomic mass is 35.5. The zero-order valence-electron chi connectivity index (χ0n) is 9.38. The van der Waals surface area contributed by atoms with Crippen molar-refractivity contribution < 1.29 is 0 Å². The van der Waals surface area contributed by atoms with Crippen LogP contribution in [0.25, 0.3) is 0 Å². The van der Waals surface area contributed by atoms with Gasteiger partial charge < -0.3 is 11.1 Å². The van der Waals surface area contributed by atoms with Gasteiger partial charge in [0.2, 0.25) is 0 Å². The number of rotatable bonds is 3. The van der Waals surface area contributed by atoms with Crippen LogP contribution in [-0.4, -0.2) is 17.1 Å². The Morgan fingerprint density at radius 2 is 2.06 bits per heavy atom. The van der Waals surface area contributed by atoms with Crippen molar-refractivity contribution in [1.29, 1.82) is 0 Å². The number of aromatic nitrogens is 1. The van der Waals surface area contributed by atoms with Gasteiger partial charge in [-0.2, -0.15) is 0 Å². The predicted molar refractivity (Wildman–Crippen MR) is 67.7 cm³/mol. The number of pyridine rings is 1. The van der Waals surface area contributed by atoms with E-state index in [0.717, 1.165) is 18.7 Å². The van der Waals surface area contributed by atoms with Crippen molar-refractivity contribution in [2.75, 3.05) is 11.9 Å². The molecule has 1 fully saturated rings. The molecule has 0 unspecified atom stereocenters. The molecule has 0 saturated heterocycles. The van der Waals surface area contributed by atoms with Crippen LogP contribution >= 0.6 is 11.6 Å². The molecule has 2 rings (SSSR count). The maximum atomic E-state index is 5.90. The quantitative estimate of drug-likeness (QED) is 0.853. The molecule has 3 N–H and O–H groups in total. The number of nitrogens with zero attached hydrogens (tertiary/aromatic N) is 1. The maximum Gasteiger partial charge on any atom is 0.126 e. The molecular weight excluding hydrogens is 222 g/mol. The second kappa shape index (κ2) is 5.02. The van der Waals surface area contributed by atoms with Gasteiger partial charge in [-0.05, 0) is 25.0 Å². The van der Waals surface area contributed by atoms with E-state index in [9.17, 15) is 0 Å². The zero-order valence-corrected chi connectivity index (χ0v) is 10.1. The number of hydrogen-bond acceptors (Lipinski definition) is 3. The van der Waals surface area contributed by atoms with Crippen molar-refractivity contribution in [2.24, 2.45) is 5.73 Å². The number of nitrogens with one attached hydrogen (secondary N) is 1. The molecule has 1 heterocycles. The number of anilines is 1. The predicted octanol–water partition coefficient (Wildman–Crippen LogP) is 2.81. The van der Waals surface area contributed by atoms with E-state index in [0.29, 0.717) is 11.6 Å². The zero-order chi connectivity index (χ0) is 11.4. The van der Waals surface area contributed by atoms with Crippen molar-refractivity contribution in [2.45, 2.75) is 37.6 Å². The van der Waals surface area contributed by atoms with Gasteiger partial charge in [0, 0.05) is 12.7 Å². The minimum atomic E-state index is 0.0408. The summed E-state index contributed by atoms with van der Waals surface area (Å²) in [7, 11) is 0. The fourth-order valence-corrected chi connectivity index (χ4v) is 2.44. The number of nitrogens with two attached hydrogens (primary N) is 1. The summed E-state index contributed by atoms with van der Waals surface area (Å²) in [5.41, 5.74) is 5.94. The molecular formula is C12H18ClN3. The molecule has 1 aliphatic carbocycles. The Balaban J connectivity index is 2.08. The lowest BCUT2D eigenvalue weighted by atomic mass is 9.81. The highest BCUT2D eigenvalue weighted by molar-refractivity contribution is 6.30. The van der Waals surface area contributed by atoms with E-state index in [1.165, 1.54) is 19.3 Å². The average molecular weight is 240 g/mol. The summed E-state index contributed by atoms with van der Waals surface area (Å²) in [5.74, 6) is 0.872. The van der Waals surface area contributed by atoms with Gasteiger partial charge in [0.15, 0.2) is 0 Å². The van der Waals surface area contributed by atoms with Crippen LogP contribution in [0.15, 0.2) is 18.3 Å². The van der Waals surface area contributed by atoms with Gasteiger partial charge in [0.1, 0.15) is 5.82 Å². The molecule has 0 spiro atoms. The molecule has 0 atom stereocenters. The van der Waals surface area contributed by atoms with E-state index < -0.39 is 0 Å². The smallest absolute Gasteiger partial charge is 0.126 e. The molecule has 0 aliphatic heterocycles. The van der Waals surface area contributed by atoms with E-state index in [1.807, 2.05) is 12.1 Å². The molecule has 3 nitrogen and oxygen atoms in total. The first-order chi connectivity index (χ1) is 7.74. The highest BCUT2D eigenvalue weighted by Gasteiger charge is 2.30. The molecule has 4 heteroatoms. The molecule has 0 radical (unpaired) electrons. The Labute approximate surface area is 101 Å². The summed E-state index contributed by atoms with van der Waals surface area (Å²) in [6.45, 7) is 0.664. The second-order valence-corrected chi connectivity index (χ2v) is 4.97. The van der Waals surface area contributed by atoms with E-state index in [-0.39, 0.29) is 5.54 Å². The van der Waals surface area contributed by atoms with Gasteiger partial charge >= 0.3 is 0 Å². The second-order valence-electron chi connectivity index (χ2n) is 4.53. The molecule has 0 aromatic carbocycles. The van der Waals surface area contributed by atoms with Crippen molar-refractivity contribution in [3.63, 3.8) is 0 Å². The Kier molecular flexibility index (Phi) is 3.66. The first-order valence-electron chi connectivity index (χ1n) is 5.84. The van der Waals surface area contributed by atoms with Crippen LogP contribution < -0.4 is 11.1 Å². The largest absolute Gasteiger partial charge is 0.363 e. The van der Waals surface area contributed by atoms with Crippen LogP contribution in [0.2, 0.25) is 5.02 Å². The summed E-state index contributed by atoms with van der Waals surface area (Å²) in [6.07, 6.45) is 7.74. The van der Waals surface area contributed by atoms with E-state index in [2.05, 4.69) is 10.3 Å². The standard InChI is InChI=1S/C12H18ClN3/c13-10-4-5-11(15-8-10)16-12(9-14)6-2-1-3-7-12/h4-5,8H,1-3,6-7,9,14H2,(H,15,16). The summed E-state index contributed by atoms with van der Waals surface area (Å²) >= 11 is 5.81. The van der Waals surface area contributed by atoms with Crippen LogP contribution in [0.4, 0.5) is 5.82 Å². The lowest BCUT2D eigenvalue weighted by Gasteiger charge is -2.37. The Hall–Kier alpha value is -0.800. The Morgan fingerprint density at radius 3 is 2.62 bits per heavy atom. The van der Waals surface area contributed by atoms with Gasteiger partial charge in [0.05, 0.1) is 10.6 Å². The summed E-state index contributed by atoms with van der Waals surface area (Å²) in [4.78, 5) is 4.27. The molecule has 16 heavy (non-hydrogen) atoms. The van der Waals surface area contributed by atoms with Crippen LogP contribution in [0.1, 0.15) is 32.1 Å². The van der Waals surface area contributed by atoms with Crippen LogP contribution in [0.3, 0.4) is 0 Å². The number of halogens is 1. The Bertz CT molecular complexity index is 331. The topological polar surface area (TPSA) is 50.9 Å². The number of hydrogen-bond donors (Lipinski definition) is 2. The van der Waals surface area contributed by atoms with Crippen LogP contribution in [-0.2, 0) is 0 Å². The van der Waals surface area contributed by atoms with Gasteiger partial charge in [-0.3, -0.25) is 0 Å². The monoisotopic (exact) mass is 239 g/mol. The lowest BCUT2D eigenvalue weighted by molar-refractivity contribution is 0.330. The van der Waals surface area contributed by atoms with Gasteiger partial charge in [0.25, 0.3) is 0 Å². The SMILES string of the molecule is NCC1(Nc2ccc(Cl)cn2)CCCCC1. The molecule has 0 bridgehead atoms. The van der Waals surface area contributed by atoms with E-state index >= 15 is 0 Å². The normalized spacial score (nSPS) is 19.4. The molecule has 1 aromatic rings. The summed E-state index contributed by atoms with van der Waals surface area (Å²) < 4.78 is 0. The van der Waals surface area contributed by atoms with Gasteiger partial charge in [-0.15, -0.1) is 0 Å². The average Bonchev–Trinajstić information content (AvgIpc) is 2.33. The first-order valence-corrected chi connectivity index (χ1v) is 6.22. The Morgan fingerprint density at radius 1 is 1.31 bits per heavy atom. The maximum absolute atomic E-state index is 5.90. The molecule has 0 amide bonds. The lowest BCUT2D eigenvalue weighted by Crippen LogP contribution is -2.47. The van der Waals surface area contributed by atoms with Crippen molar-refractivity contribution in [3.8, 4) is 0 Å². The third kappa shape index (κ3) is 2.66. The fourth-order valence-electron chi connectivity index (χ4n) is 2.33. The van der Waals surface area contributed by atoms with Gasteiger partial charge in [-0.1, -0.05) is 30.9 Å². The first kappa shape index (κ1) is 11.7. The van der Waals surface area contributed by atoms with Crippen molar-refractivity contribution >= 4 is 17.4 Å². The van der Waals surface area contributed by atoms with Crippen LogP contribution in [0.5, 0.6) is 0 Å². The van der Waals surface area contributed by atoms with Crippen LogP contribution in [0, 0.1) is 0 Å². The highest BCUT2D eigenvalue weighted by Crippen LogP contribution is 2.30. The minimum absolute atomic E-state index is 0.0408. The molecule has 1 aliphatic rings. The summed E-state index contributed by atoms with van der Waals surface area (Å²) in [6, 6.07) is 3.76. The van der Waals surface area contributed by atoms with E-state index in [1.54, 1.807) is 6.20 Å². The third-order valence-corrected chi connectivity index (χ3v) is 3.55. The van der Waals surface area contributed by atoms with Crippen molar-refractivity contribution in [3.05, 3.63) is 23.4 Å². The minimum Gasteiger partial charge on any atom is -0.363 e.